The van der Waals surface area contributed by atoms with E-state index in [1.807, 2.05) is 23.1 Å². The van der Waals surface area contributed by atoms with Crippen molar-refractivity contribution in [1.82, 2.24) is 24.9 Å². The van der Waals surface area contributed by atoms with Crippen LogP contribution in [-0.4, -0.2) is 56.2 Å². The van der Waals surface area contributed by atoms with Gasteiger partial charge in [-0.1, -0.05) is 30.0 Å². The van der Waals surface area contributed by atoms with E-state index in [0.29, 0.717) is 17.6 Å². The van der Waals surface area contributed by atoms with E-state index in [4.69, 9.17) is 0 Å². The Labute approximate surface area is 149 Å². The highest BCUT2D eigenvalue weighted by atomic mass is 32.2. The molecule has 3 rings (SSSR count). The fraction of sp³-hybridized carbons (Fsp3) is 0.600. The first kappa shape index (κ1) is 17.4. The summed E-state index contributed by atoms with van der Waals surface area (Å²) in [7, 11) is 0. The summed E-state index contributed by atoms with van der Waals surface area (Å²) in [4.78, 5) is 14.4. The number of aromatic nitrogens is 4. The molecular formula is C15H22N6OS2. The first-order chi connectivity index (χ1) is 11.7. The second kappa shape index (κ2) is 8.59. The molecular weight excluding hydrogens is 344 g/mol. The molecule has 0 saturated carbocycles. The van der Waals surface area contributed by atoms with Gasteiger partial charge >= 0.3 is 0 Å². The van der Waals surface area contributed by atoms with Crippen LogP contribution in [0.5, 0.6) is 0 Å². The lowest BCUT2D eigenvalue weighted by Gasteiger charge is -2.31. The van der Waals surface area contributed by atoms with Crippen LogP contribution in [0.2, 0.25) is 0 Å². The van der Waals surface area contributed by atoms with Crippen molar-refractivity contribution in [3.63, 3.8) is 0 Å². The molecule has 24 heavy (non-hydrogen) atoms. The minimum atomic E-state index is -0.00951. The maximum atomic E-state index is 12.2. The van der Waals surface area contributed by atoms with Crippen LogP contribution in [0.4, 0.5) is 5.13 Å². The van der Waals surface area contributed by atoms with Crippen molar-refractivity contribution >= 4 is 34.1 Å². The standard InChI is InChI=1S/C15H22N6OS2/c1-2-23-15-19-18-14(24-15)17-13(22)11-20-8-4-12(5-9-20)10-21-7-3-6-16-21/h3,6-7,12H,2,4-5,8-11H2,1H3,(H,17,18,22). The lowest BCUT2D eigenvalue weighted by atomic mass is 9.97. The first-order valence-corrected chi connectivity index (χ1v) is 9.99. The molecule has 0 aromatic carbocycles. The number of carbonyl (C=O) groups excluding carboxylic acids is 1. The van der Waals surface area contributed by atoms with Gasteiger partial charge in [0.2, 0.25) is 11.0 Å². The summed E-state index contributed by atoms with van der Waals surface area (Å²) in [6.07, 6.45) is 6.02. The van der Waals surface area contributed by atoms with Gasteiger partial charge in [-0.25, -0.2) is 0 Å². The number of amides is 1. The molecule has 1 amide bonds. The Hall–Kier alpha value is -1.45. The number of nitrogens with zero attached hydrogens (tertiary/aromatic N) is 5. The van der Waals surface area contributed by atoms with Crippen molar-refractivity contribution in [3.8, 4) is 0 Å². The Morgan fingerprint density at radius 2 is 2.25 bits per heavy atom. The first-order valence-electron chi connectivity index (χ1n) is 8.19. The molecule has 1 N–H and O–H groups in total. The fourth-order valence-corrected chi connectivity index (χ4v) is 4.47. The molecule has 0 radical (unpaired) electrons. The van der Waals surface area contributed by atoms with Gasteiger partial charge in [-0.2, -0.15) is 5.10 Å². The van der Waals surface area contributed by atoms with Crippen LogP contribution in [-0.2, 0) is 11.3 Å². The summed E-state index contributed by atoms with van der Waals surface area (Å²) in [5, 5.41) is 15.8. The smallest absolute Gasteiger partial charge is 0.240 e. The SMILES string of the molecule is CCSc1nnc(NC(=O)CN2CCC(Cn3cccn3)CC2)s1. The second-order valence-corrected chi connectivity index (χ2v) is 8.29. The van der Waals surface area contributed by atoms with E-state index in [-0.39, 0.29) is 5.91 Å². The van der Waals surface area contributed by atoms with Crippen molar-refractivity contribution in [2.75, 3.05) is 30.7 Å². The molecule has 3 heterocycles. The second-order valence-electron chi connectivity index (χ2n) is 5.80. The monoisotopic (exact) mass is 366 g/mol. The van der Waals surface area contributed by atoms with Gasteiger partial charge < -0.3 is 0 Å². The number of hydrogen-bond donors (Lipinski definition) is 1. The third-order valence-corrected chi connectivity index (χ3v) is 5.85. The van der Waals surface area contributed by atoms with E-state index in [1.54, 1.807) is 11.8 Å². The molecule has 2 aromatic heterocycles. The van der Waals surface area contributed by atoms with Crippen LogP contribution in [0.15, 0.2) is 22.8 Å². The van der Waals surface area contributed by atoms with Crippen molar-refractivity contribution in [3.05, 3.63) is 18.5 Å². The molecule has 7 nitrogen and oxygen atoms in total. The van der Waals surface area contributed by atoms with E-state index in [0.717, 1.165) is 42.6 Å². The van der Waals surface area contributed by atoms with Crippen molar-refractivity contribution in [1.29, 1.82) is 0 Å². The third kappa shape index (κ3) is 5.02. The van der Waals surface area contributed by atoms with Crippen LogP contribution in [0.3, 0.4) is 0 Å². The average molecular weight is 367 g/mol. The predicted octanol–water partition coefficient (Wildman–Crippen LogP) is 2.20. The molecule has 1 saturated heterocycles. The van der Waals surface area contributed by atoms with Crippen molar-refractivity contribution in [2.45, 2.75) is 30.6 Å². The number of anilines is 1. The molecule has 2 aromatic rings. The Morgan fingerprint density at radius 1 is 1.42 bits per heavy atom. The number of likely N-dealkylation sites (tertiary alicyclic amines) is 1. The molecule has 130 valence electrons. The number of piperidine rings is 1. The van der Waals surface area contributed by atoms with E-state index >= 15 is 0 Å². The Balaban J connectivity index is 1.39. The highest BCUT2D eigenvalue weighted by molar-refractivity contribution is 8.01. The zero-order chi connectivity index (χ0) is 16.8. The van der Waals surface area contributed by atoms with Crippen LogP contribution in [0.25, 0.3) is 0 Å². The van der Waals surface area contributed by atoms with E-state index in [9.17, 15) is 4.79 Å². The highest BCUT2D eigenvalue weighted by Gasteiger charge is 2.21. The third-order valence-electron chi connectivity index (χ3n) is 4.00. The molecule has 0 bridgehead atoms. The van der Waals surface area contributed by atoms with Crippen LogP contribution < -0.4 is 5.32 Å². The summed E-state index contributed by atoms with van der Waals surface area (Å²) in [6, 6.07) is 1.96. The van der Waals surface area contributed by atoms with Gasteiger partial charge in [-0.3, -0.25) is 19.7 Å². The molecule has 0 atom stereocenters. The van der Waals surface area contributed by atoms with Gasteiger partial charge in [0.05, 0.1) is 6.54 Å². The quantitative estimate of drug-likeness (QED) is 0.598. The topological polar surface area (TPSA) is 75.9 Å². The number of nitrogens with one attached hydrogen (secondary N) is 1. The van der Waals surface area contributed by atoms with Crippen LogP contribution in [0, 0.1) is 5.92 Å². The summed E-state index contributed by atoms with van der Waals surface area (Å²) in [5.74, 6) is 1.58. The van der Waals surface area contributed by atoms with Gasteiger partial charge in [0.1, 0.15) is 0 Å². The number of thioether (sulfide) groups is 1. The lowest BCUT2D eigenvalue weighted by molar-refractivity contribution is -0.117. The Kier molecular flexibility index (Phi) is 6.22. The molecule has 1 aliphatic heterocycles. The molecule has 0 unspecified atom stereocenters. The summed E-state index contributed by atoms with van der Waals surface area (Å²) < 4.78 is 2.89. The zero-order valence-electron chi connectivity index (χ0n) is 13.7. The molecule has 0 spiro atoms. The van der Waals surface area contributed by atoms with E-state index < -0.39 is 0 Å². The van der Waals surface area contributed by atoms with Gasteiger partial charge in [-0.05, 0) is 43.7 Å². The molecule has 0 aliphatic carbocycles. The average Bonchev–Trinajstić information content (AvgIpc) is 3.22. The number of hydrogen-bond acceptors (Lipinski definition) is 7. The number of carbonyl (C=O) groups is 1. The Bertz CT molecular complexity index is 636. The number of rotatable bonds is 7. The zero-order valence-corrected chi connectivity index (χ0v) is 15.4. The minimum absolute atomic E-state index is 0.00951. The Morgan fingerprint density at radius 3 is 2.96 bits per heavy atom. The molecule has 1 fully saturated rings. The van der Waals surface area contributed by atoms with Crippen molar-refractivity contribution < 1.29 is 4.79 Å². The highest BCUT2D eigenvalue weighted by Crippen LogP contribution is 2.25. The van der Waals surface area contributed by atoms with Crippen LogP contribution in [0.1, 0.15) is 19.8 Å². The normalized spacial score (nSPS) is 16.4. The molecule has 1 aliphatic rings. The van der Waals surface area contributed by atoms with Gasteiger partial charge in [0, 0.05) is 18.9 Å². The predicted molar refractivity (Wildman–Crippen MR) is 96.3 cm³/mol. The summed E-state index contributed by atoms with van der Waals surface area (Å²) in [5.41, 5.74) is 0. The largest absolute Gasteiger partial charge is 0.299 e. The summed E-state index contributed by atoms with van der Waals surface area (Å²) >= 11 is 3.07. The summed E-state index contributed by atoms with van der Waals surface area (Å²) in [6.45, 7) is 5.36. The van der Waals surface area contributed by atoms with Gasteiger partial charge in [0.25, 0.3) is 0 Å². The molecule has 9 heteroatoms. The lowest BCUT2D eigenvalue weighted by Crippen LogP contribution is -2.40. The maximum absolute atomic E-state index is 12.2. The maximum Gasteiger partial charge on any atom is 0.240 e. The van der Waals surface area contributed by atoms with Crippen molar-refractivity contribution in [2.24, 2.45) is 5.92 Å². The van der Waals surface area contributed by atoms with E-state index in [2.05, 4.69) is 32.4 Å². The fourth-order valence-electron chi connectivity index (χ4n) is 2.80. The minimum Gasteiger partial charge on any atom is -0.299 e. The van der Waals surface area contributed by atoms with Crippen LogP contribution >= 0.6 is 23.1 Å². The van der Waals surface area contributed by atoms with Gasteiger partial charge in [0.15, 0.2) is 4.34 Å². The van der Waals surface area contributed by atoms with E-state index in [1.165, 1.54) is 11.3 Å². The van der Waals surface area contributed by atoms with Gasteiger partial charge in [-0.15, -0.1) is 10.2 Å².